The summed E-state index contributed by atoms with van der Waals surface area (Å²) in [6, 6.07) is 0. The fourth-order valence-corrected chi connectivity index (χ4v) is 2.28. The molecule has 2 bridgehead atoms. The maximum Gasteiger partial charge on any atom is 0.144 e. The standard InChI is InChI=1S/C11H16O2/c1-7-9(12)8(2)11(4)6-5-10(7,3)13-11/h5-8H,1-4H3/t7-,8+,10-,11+. The first-order valence-corrected chi connectivity index (χ1v) is 4.83. The first-order chi connectivity index (χ1) is 5.89. The molecule has 0 aromatic rings. The summed E-state index contributed by atoms with van der Waals surface area (Å²) in [5, 5.41) is 0. The zero-order valence-corrected chi connectivity index (χ0v) is 8.63. The van der Waals surface area contributed by atoms with Gasteiger partial charge in [-0.1, -0.05) is 26.0 Å². The molecule has 0 aliphatic carbocycles. The molecule has 0 unspecified atom stereocenters. The Morgan fingerprint density at radius 3 is 1.92 bits per heavy atom. The van der Waals surface area contributed by atoms with Gasteiger partial charge in [0, 0.05) is 11.8 Å². The molecule has 1 saturated heterocycles. The van der Waals surface area contributed by atoms with Crippen LogP contribution in [0, 0.1) is 11.8 Å². The number of ether oxygens (including phenoxy) is 1. The van der Waals surface area contributed by atoms with Gasteiger partial charge >= 0.3 is 0 Å². The molecule has 0 aromatic heterocycles. The summed E-state index contributed by atoms with van der Waals surface area (Å²) in [7, 11) is 0. The van der Waals surface area contributed by atoms with E-state index in [0.29, 0.717) is 5.78 Å². The number of carbonyl (C=O) groups excluding carboxylic acids is 1. The highest BCUT2D eigenvalue weighted by Crippen LogP contribution is 2.46. The number of carbonyl (C=O) groups is 1. The lowest BCUT2D eigenvalue weighted by atomic mass is 9.77. The average molecular weight is 180 g/mol. The van der Waals surface area contributed by atoms with Crippen LogP contribution in [0.4, 0.5) is 0 Å². The van der Waals surface area contributed by atoms with Gasteiger partial charge in [-0.15, -0.1) is 0 Å². The summed E-state index contributed by atoms with van der Waals surface area (Å²) in [6.45, 7) is 7.88. The summed E-state index contributed by atoms with van der Waals surface area (Å²) >= 11 is 0. The second kappa shape index (κ2) is 2.24. The van der Waals surface area contributed by atoms with Crippen molar-refractivity contribution in [2.75, 3.05) is 0 Å². The van der Waals surface area contributed by atoms with E-state index in [-0.39, 0.29) is 23.0 Å². The number of hydrogen-bond acceptors (Lipinski definition) is 2. The topological polar surface area (TPSA) is 26.3 Å². The monoisotopic (exact) mass is 180 g/mol. The molecule has 2 heterocycles. The van der Waals surface area contributed by atoms with Crippen LogP contribution in [0.2, 0.25) is 0 Å². The van der Waals surface area contributed by atoms with Gasteiger partial charge in [0.1, 0.15) is 5.78 Å². The third kappa shape index (κ3) is 0.953. The summed E-state index contributed by atoms with van der Waals surface area (Å²) in [4.78, 5) is 11.9. The lowest BCUT2D eigenvalue weighted by Crippen LogP contribution is -2.53. The Morgan fingerprint density at radius 2 is 1.54 bits per heavy atom. The number of ketones is 1. The number of rotatable bonds is 0. The number of fused-ring (bicyclic) bond motifs is 2. The summed E-state index contributed by atoms with van der Waals surface area (Å²) < 4.78 is 5.94. The molecule has 2 aliphatic rings. The van der Waals surface area contributed by atoms with Gasteiger partial charge in [0.15, 0.2) is 0 Å². The Bertz CT molecular complexity index is 268. The Hall–Kier alpha value is -0.630. The van der Waals surface area contributed by atoms with E-state index in [1.54, 1.807) is 0 Å². The van der Waals surface area contributed by atoms with E-state index in [9.17, 15) is 4.79 Å². The molecular weight excluding hydrogens is 164 g/mol. The molecule has 13 heavy (non-hydrogen) atoms. The van der Waals surface area contributed by atoms with Gasteiger partial charge < -0.3 is 4.74 Å². The van der Waals surface area contributed by atoms with Gasteiger partial charge in [0.2, 0.25) is 0 Å². The highest BCUT2D eigenvalue weighted by atomic mass is 16.5. The molecule has 2 rings (SSSR count). The zero-order valence-electron chi connectivity index (χ0n) is 8.63. The first kappa shape index (κ1) is 8.95. The summed E-state index contributed by atoms with van der Waals surface area (Å²) in [5.41, 5.74) is -0.726. The Labute approximate surface area is 79.0 Å². The lowest BCUT2D eigenvalue weighted by Gasteiger charge is -2.43. The molecular formula is C11H16O2. The molecule has 0 spiro atoms. The van der Waals surface area contributed by atoms with Crippen LogP contribution < -0.4 is 0 Å². The highest BCUT2D eigenvalue weighted by molar-refractivity contribution is 5.87. The second-order valence-electron chi connectivity index (χ2n) is 4.65. The van der Waals surface area contributed by atoms with Crippen LogP contribution in [0.25, 0.3) is 0 Å². The van der Waals surface area contributed by atoms with Gasteiger partial charge in [0.25, 0.3) is 0 Å². The minimum absolute atomic E-state index is 0.0191. The summed E-state index contributed by atoms with van der Waals surface area (Å²) in [5.74, 6) is 0.282. The summed E-state index contributed by atoms with van der Waals surface area (Å²) in [6.07, 6.45) is 4.08. The molecule has 0 aromatic carbocycles. The highest BCUT2D eigenvalue weighted by Gasteiger charge is 2.54. The van der Waals surface area contributed by atoms with Crippen molar-refractivity contribution in [2.45, 2.75) is 38.9 Å². The minimum atomic E-state index is -0.363. The van der Waals surface area contributed by atoms with E-state index in [0.717, 1.165) is 0 Å². The van der Waals surface area contributed by atoms with Crippen LogP contribution in [0.3, 0.4) is 0 Å². The number of Topliss-reactive ketones (excluding diaryl/α,β-unsaturated/α-hetero) is 1. The molecule has 0 radical (unpaired) electrons. The largest absolute Gasteiger partial charge is 0.359 e. The molecule has 2 nitrogen and oxygen atoms in total. The van der Waals surface area contributed by atoms with Crippen molar-refractivity contribution in [3.05, 3.63) is 12.2 Å². The first-order valence-electron chi connectivity index (χ1n) is 4.83. The average Bonchev–Trinajstić information content (AvgIpc) is 2.38. The molecule has 0 amide bonds. The van der Waals surface area contributed by atoms with E-state index in [4.69, 9.17) is 4.74 Å². The predicted molar refractivity (Wildman–Crippen MR) is 50.4 cm³/mol. The predicted octanol–water partition coefficient (Wildman–Crippen LogP) is 1.95. The van der Waals surface area contributed by atoms with Crippen molar-refractivity contribution in [1.82, 2.24) is 0 Å². The maximum absolute atomic E-state index is 11.9. The Morgan fingerprint density at radius 1 is 1.15 bits per heavy atom. The van der Waals surface area contributed by atoms with Crippen LogP contribution in [-0.2, 0) is 9.53 Å². The molecule has 72 valence electrons. The lowest BCUT2D eigenvalue weighted by molar-refractivity contribution is -0.175. The third-order valence-electron chi connectivity index (χ3n) is 3.76. The Balaban J connectivity index is 2.46. The molecule has 0 saturated carbocycles. The maximum atomic E-state index is 11.9. The van der Waals surface area contributed by atoms with Gasteiger partial charge in [-0.25, -0.2) is 0 Å². The van der Waals surface area contributed by atoms with Crippen LogP contribution in [-0.4, -0.2) is 17.0 Å². The van der Waals surface area contributed by atoms with Gasteiger partial charge in [0.05, 0.1) is 11.2 Å². The Kier molecular flexibility index (Phi) is 1.54. The van der Waals surface area contributed by atoms with E-state index in [1.165, 1.54) is 0 Å². The van der Waals surface area contributed by atoms with Crippen molar-refractivity contribution in [1.29, 1.82) is 0 Å². The van der Waals surface area contributed by atoms with Gasteiger partial charge in [-0.2, -0.15) is 0 Å². The molecule has 2 heteroatoms. The van der Waals surface area contributed by atoms with Crippen LogP contribution in [0.5, 0.6) is 0 Å². The van der Waals surface area contributed by atoms with Crippen LogP contribution in [0.1, 0.15) is 27.7 Å². The smallest absolute Gasteiger partial charge is 0.144 e. The fraction of sp³-hybridized carbons (Fsp3) is 0.727. The van der Waals surface area contributed by atoms with E-state index in [2.05, 4.69) is 0 Å². The van der Waals surface area contributed by atoms with Crippen LogP contribution in [0.15, 0.2) is 12.2 Å². The zero-order chi connectivity index (χ0) is 9.85. The van der Waals surface area contributed by atoms with Crippen molar-refractivity contribution in [3.63, 3.8) is 0 Å². The van der Waals surface area contributed by atoms with Crippen LogP contribution >= 0.6 is 0 Å². The number of hydrogen-bond donors (Lipinski definition) is 0. The van der Waals surface area contributed by atoms with E-state index >= 15 is 0 Å². The van der Waals surface area contributed by atoms with Gasteiger partial charge in [-0.3, -0.25) is 4.79 Å². The molecule has 1 fully saturated rings. The third-order valence-corrected chi connectivity index (χ3v) is 3.76. The minimum Gasteiger partial charge on any atom is -0.359 e. The van der Waals surface area contributed by atoms with E-state index in [1.807, 2.05) is 39.8 Å². The van der Waals surface area contributed by atoms with Gasteiger partial charge in [-0.05, 0) is 13.8 Å². The second-order valence-corrected chi connectivity index (χ2v) is 4.65. The SMILES string of the molecule is C[C@@H]1C(=O)[C@H](C)[C@]2(C)C=C[C@@]1(C)O2. The fourth-order valence-electron chi connectivity index (χ4n) is 2.28. The van der Waals surface area contributed by atoms with E-state index < -0.39 is 0 Å². The van der Waals surface area contributed by atoms with Crippen molar-refractivity contribution < 1.29 is 9.53 Å². The van der Waals surface area contributed by atoms with Crippen molar-refractivity contribution in [3.8, 4) is 0 Å². The molecule has 4 atom stereocenters. The quantitative estimate of drug-likeness (QED) is 0.532. The molecule has 0 N–H and O–H groups in total. The van der Waals surface area contributed by atoms with Crippen molar-refractivity contribution in [2.24, 2.45) is 11.8 Å². The molecule has 2 aliphatic heterocycles. The van der Waals surface area contributed by atoms with Crippen molar-refractivity contribution >= 4 is 5.78 Å². The normalized spacial score (nSPS) is 54.3.